The van der Waals surface area contributed by atoms with Gasteiger partial charge in [-0.3, -0.25) is 24.0 Å². The largest absolute Gasteiger partial charge is 0.481 e. The van der Waals surface area contributed by atoms with Crippen molar-refractivity contribution in [2.45, 2.75) is 181 Å². The summed E-state index contributed by atoms with van der Waals surface area (Å²) in [7, 11) is 0. The summed E-state index contributed by atoms with van der Waals surface area (Å²) >= 11 is 0. The Labute approximate surface area is 355 Å². The Kier molecular flexibility index (Phi) is 45.1. The maximum absolute atomic E-state index is 11.8. The number of rotatable bonds is 43. The lowest BCUT2D eigenvalue weighted by Crippen LogP contribution is -2.42. The van der Waals surface area contributed by atoms with Gasteiger partial charge in [0.25, 0.3) is 0 Å². The highest BCUT2D eigenvalue weighted by Gasteiger charge is 2.19. The van der Waals surface area contributed by atoms with Crippen molar-refractivity contribution < 1.29 is 57.9 Å². The molecule has 0 bridgehead atoms. The molecule has 0 aliphatic heterocycles. The average Bonchev–Trinajstić information content (AvgIpc) is 3.20. The summed E-state index contributed by atoms with van der Waals surface area (Å²) in [6, 6.07) is -0.946. The average molecular weight is 846 g/mol. The van der Waals surface area contributed by atoms with E-state index in [1.807, 2.05) is 0 Å². The van der Waals surface area contributed by atoms with Crippen LogP contribution < -0.4 is 16.0 Å². The zero-order chi connectivity index (χ0) is 44.0. The van der Waals surface area contributed by atoms with Gasteiger partial charge in [-0.05, 0) is 45.4 Å². The maximum atomic E-state index is 11.8. The van der Waals surface area contributed by atoms with Gasteiger partial charge in [0, 0.05) is 39.0 Å². The molecule has 1 unspecified atom stereocenters. The molecule has 0 spiro atoms. The summed E-state index contributed by atoms with van der Waals surface area (Å²) in [4.78, 5) is 66.9. The molecule has 0 aromatic carbocycles. The first kappa shape index (κ1) is 58.0. The zero-order valence-electron chi connectivity index (χ0n) is 37.1. The van der Waals surface area contributed by atoms with Crippen LogP contribution >= 0.6 is 0 Å². The van der Waals surface area contributed by atoms with Crippen LogP contribution in [0.5, 0.6) is 0 Å². The molecule has 0 aliphatic carbocycles. The fourth-order valence-electron chi connectivity index (χ4n) is 5.77. The van der Waals surface area contributed by atoms with E-state index < -0.39 is 23.9 Å². The minimum absolute atomic E-state index is 0.00503. The first-order chi connectivity index (χ1) is 28.5. The number of amides is 3. The second kappa shape index (κ2) is 45.9. The van der Waals surface area contributed by atoms with Crippen LogP contribution in [0.25, 0.3) is 0 Å². The number of unbranched alkanes of at least 4 members (excludes halogenated alkanes) is 17. The molecule has 0 aromatic heterocycles. The summed E-state index contributed by atoms with van der Waals surface area (Å²) in [6.07, 6.45) is 24.4. The Morgan fingerprint density at radius 3 is 1.44 bits per heavy atom. The zero-order valence-corrected chi connectivity index (χ0v) is 37.1. The fourth-order valence-corrected chi connectivity index (χ4v) is 5.77. The molecule has 0 fully saturated rings. The number of ether oxygens (including phenoxy) is 4. The molecular weight excluding hydrogens is 762 g/mol. The molecule has 0 rings (SSSR count). The molecule has 0 aliphatic rings. The van der Waals surface area contributed by atoms with Crippen LogP contribution in [0.15, 0.2) is 0 Å². The Hall–Kier alpha value is -3.14. The minimum atomic E-state index is -1.08. The molecular formula is C44H83N3O12. The van der Waals surface area contributed by atoms with E-state index in [2.05, 4.69) is 22.9 Å². The molecule has 15 nitrogen and oxygen atoms in total. The Balaban J connectivity index is 0. The normalized spacial score (nSPS) is 11.3. The van der Waals surface area contributed by atoms with Crippen molar-refractivity contribution in [2.24, 2.45) is 0 Å². The van der Waals surface area contributed by atoms with E-state index in [9.17, 15) is 28.8 Å². The Morgan fingerprint density at radius 2 is 0.949 bits per heavy atom. The predicted molar refractivity (Wildman–Crippen MR) is 229 cm³/mol. The standard InChI is InChI=1S/C27H51NO6.C17H32N2O6/c1-25(29)24-34-23-22-33-21-20-28-26(30)18-16-14-12-10-8-6-4-2-3-5-7-9-11-13-15-17-19-27(31)32;1-3-5-10-24-11-12-25-13-16(21)19-14(17(22)23)8-6-7-9-18-15(20)4-2/h2-24H2,1H3,(H,28,30)(H,31,32);14H,3-13H2,1-2H3,(H,18,20)(H,19,21)(H,22,23). The minimum Gasteiger partial charge on any atom is -0.481 e. The predicted octanol–water partition coefficient (Wildman–Crippen LogP) is 6.92. The van der Waals surface area contributed by atoms with E-state index in [1.165, 1.54) is 84.0 Å². The topological polar surface area (TPSA) is 216 Å². The summed E-state index contributed by atoms with van der Waals surface area (Å²) in [5.74, 6) is -2.14. The van der Waals surface area contributed by atoms with Crippen LogP contribution in [0.3, 0.4) is 0 Å². The molecule has 0 saturated carbocycles. The molecule has 3 amide bonds. The van der Waals surface area contributed by atoms with Crippen LogP contribution in [-0.4, -0.2) is 118 Å². The SMILES string of the molecule is CC(=O)COCCOCCNC(=O)CCCCCCCCCCCCCCCCCCC(=O)O.CCCCOCCOCC(=O)NC(CCCCNC(=O)CC)C(=O)O. The molecule has 0 saturated heterocycles. The number of Topliss-reactive ketones (excluding diaryl/α,β-unsaturated/α-hetero) is 1. The van der Waals surface area contributed by atoms with Gasteiger partial charge in [0.05, 0.1) is 33.0 Å². The van der Waals surface area contributed by atoms with Gasteiger partial charge < -0.3 is 45.1 Å². The third-order valence-corrected chi connectivity index (χ3v) is 9.23. The second-order valence-electron chi connectivity index (χ2n) is 14.9. The molecule has 0 aromatic rings. The van der Waals surface area contributed by atoms with Crippen molar-refractivity contribution in [1.29, 1.82) is 0 Å². The van der Waals surface area contributed by atoms with Gasteiger partial charge >= 0.3 is 11.9 Å². The van der Waals surface area contributed by atoms with Gasteiger partial charge in [0.15, 0.2) is 5.78 Å². The van der Waals surface area contributed by atoms with Crippen molar-refractivity contribution in [1.82, 2.24) is 16.0 Å². The van der Waals surface area contributed by atoms with Crippen LogP contribution in [0.1, 0.15) is 175 Å². The van der Waals surface area contributed by atoms with Crippen LogP contribution in [0, 0.1) is 0 Å². The quantitative estimate of drug-likeness (QED) is 0.0396. The fraction of sp³-hybridized carbons (Fsp3) is 0.864. The lowest BCUT2D eigenvalue weighted by Gasteiger charge is -2.14. The van der Waals surface area contributed by atoms with E-state index in [4.69, 9.17) is 29.2 Å². The van der Waals surface area contributed by atoms with E-state index >= 15 is 0 Å². The lowest BCUT2D eigenvalue weighted by molar-refractivity contribution is -0.143. The summed E-state index contributed by atoms with van der Waals surface area (Å²) < 4.78 is 20.9. The van der Waals surface area contributed by atoms with E-state index in [0.717, 1.165) is 38.5 Å². The number of aliphatic carboxylic acids is 2. The summed E-state index contributed by atoms with van der Waals surface area (Å²) in [6.45, 7) is 8.97. The number of carbonyl (C=O) groups excluding carboxylic acids is 4. The summed E-state index contributed by atoms with van der Waals surface area (Å²) in [5, 5.41) is 25.8. The monoisotopic (exact) mass is 846 g/mol. The van der Waals surface area contributed by atoms with Gasteiger partial charge in [-0.1, -0.05) is 110 Å². The Morgan fingerprint density at radius 1 is 0.475 bits per heavy atom. The molecule has 0 radical (unpaired) electrons. The lowest BCUT2D eigenvalue weighted by atomic mass is 10.0. The number of nitrogens with one attached hydrogen (secondary N) is 3. The first-order valence-corrected chi connectivity index (χ1v) is 22.6. The van der Waals surface area contributed by atoms with E-state index in [1.54, 1.807) is 6.92 Å². The van der Waals surface area contributed by atoms with Gasteiger partial charge in [0.2, 0.25) is 17.7 Å². The third-order valence-electron chi connectivity index (χ3n) is 9.23. The van der Waals surface area contributed by atoms with Gasteiger partial charge in [-0.2, -0.15) is 0 Å². The number of hydrogen-bond donors (Lipinski definition) is 5. The van der Waals surface area contributed by atoms with Crippen molar-refractivity contribution in [3.63, 3.8) is 0 Å². The molecule has 1 atom stereocenters. The third kappa shape index (κ3) is 49.1. The van der Waals surface area contributed by atoms with Gasteiger partial charge in [0.1, 0.15) is 19.3 Å². The number of carboxylic acids is 2. The smallest absolute Gasteiger partial charge is 0.326 e. The molecule has 0 heterocycles. The molecule has 15 heteroatoms. The number of carboxylic acid groups (broad SMARTS) is 2. The highest BCUT2D eigenvalue weighted by Crippen LogP contribution is 2.14. The highest BCUT2D eigenvalue weighted by molar-refractivity contribution is 5.84. The van der Waals surface area contributed by atoms with E-state index in [0.29, 0.717) is 91.3 Å². The highest BCUT2D eigenvalue weighted by atomic mass is 16.5. The van der Waals surface area contributed by atoms with Crippen molar-refractivity contribution in [3.8, 4) is 0 Å². The van der Waals surface area contributed by atoms with E-state index in [-0.39, 0.29) is 30.8 Å². The first-order valence-electron chi connectivity index (χ1n) is 22.6. The number of ketones is 1. The van der Waals surface area contributed by atoms with Gasteiger partial charge in [-0.25, -0.2) is 4.79 Å². The maximum Gasteiger partial charge on any atom is 0.326 e. The van der Waals surface area contributed by atoms with Crippen molar-refractivity contribution in [3.05, 3.63) is 0 Å². The number of carbonyl (C=O) groups is 6. The van der Waals surface area contributed by atoms with Gasteiger partial charge in [-0.15, -0.1) is 0 Å². The van der Waals surface area contributed by atoms with Crippen LogP contribution in [-0.2, 0) is 47.7 Å². The molecule has 5 N–H and O–H groups in total. The van der Waals surface area contributed by atoms with Crippen LogP contribution in [0.4, 0.5) is 0 Å². The van der Waals surface area contributed by atoms with Crippen molar-refractivity contribution >= 4 is 35.4 Å². The Bertz CT molecular complexity index is 1050. The number of hydrogen-bond acceptors (Lipinski definition) is 10. The second-order valence-corrected chi connectivity index (χ2v) is 14.9. The molecule has 59 heavy (non-hydrogen) atoms. The van der Waals surface area contributed by atoms with Crippen LogP contribution in [0.2, 0.25) is 0 Å². The van der Waals surface area contributed by atoms with Crippen molar-refractivity contribution in [2.75, 3.05) is 65.9 Å². The molecule has 346 valence electrons. The summed E-state index contributed by atoms with van der Waals surface area (Å²) in [5.41, 5.74) is 0.